The number of hydrogen-bond donors (Lipinski definition) is 2. The van der Waals surface area contributed by atoms with Crippen molar-refractivity contribution in [3.63, 3.8) is 0 Å². The van der Waals surface area contributed by atoms with Gasteiger partial charge in [-0.3, -0.25) is 4.98 Å². The van der Waals surface area contributed by atoms with E-state index in [0.717, 1.165) is 68.7 Å². The van der Waals surface area contributed by atoms with Crippen LogP contribution < -0.4 is 10.6 Å². The number of nitrogens with one attached hydrogen (secondary N) is 2. The second-order valence-corrected chi connectivity index (χ2v) is 15.5. The summed E-state index contributed by atoms with van der Waals surface area (Å²) < 4.78 is 6.84. The van der Waals surface area contributed by atoms with Crippen LogP contribution in [0.5, 0.6) is 0 Å². The third-order valence-electron chi connectivity index (χ3n) is 6.90. The Balaban J connectivity index is 1.71. The molecule has 34 heavy (non-hydrogen) atoms. The highest BCUT2D eigenvalue weighted by Gasteiger charge is 2.38. The van der Waals surface area contributed by atoms with Crippen molar-refractivity contribution in [3.8, 4) is 11.3 Å². The first-order valence-electron chi connectivity index (χ1n) is 12.9. The molecule has 1 aliphatic rings. The molecule has 0 aromatic carbocycles. The van der Waals surface area contributed by atoms with Gasteiger partial charge in [0.25, 0.3) is 0 Å². The van der Waals surface area contributed by atoms with Crippen molar-refractivity contribution >= 4 is 20.1 Å². The van der Waals surface area contributed by atoms with Gasteiger partial charge < -0.3 is 15.1 Å². The molecule has 0 spiro atoms. The number of allylic oxidation sites excluding steroid dienone is 1. The summed E-state index contributed by atoms with van der Waals surface area (Å²) in [6.45, 7) is 13.4. The molecule has 2 aromatic heterocycles. The first-order valence-corrected chi connectivity index (χ1v) is 15.8. The molecule has 1 unspecified atom stereocenters. The van der Waals surface area contributed by atoms with Gasteiger partial charge in [0.15, 0.2) is 8.32 Å². The minimum absolute atomic E-state index is 0.238. The molecule has 0 radical (unpaired) electrons. The zero-order chi connectivity index (χ0) is 24.4. The van der Waals surface area contributed by atoms with Gasteiger partial charge in [0.1, 0.15) is 5.82 Å². The Bertz CT molecular complexity index is 911. The van der Waals surface area contributed by atoms with E-state index in [1.54, 1.807) is 0 Å². The smallest absolute Gasteiger partial charge is 0.224 e. The zero-order valence-electron chi connectivity index (χ0n) is 21.7. The maximum Gasteiger partial charge on any atom is 0.224 e. The minimum atomic E-state index is -1.77. The fourth-order valence-electron chi connectivity index (χ4n) is 3.84. The quantitative estimate of drug-likeness (QED) is 0.361. The van der Waals surface area contributed by atoms with Crippen LogP contribution in [-0.2, 0) is 4.43 Å². The largest absolute Gasteiger partial charge is 0.414 e. The summed E-state index contributed by atoms with van der Waals surface area (Å²) >= 11 is 0. The lowest BCUT2D eigenvalue weighted by Crippen LogP contribution is -2.44. The molecule has 1 aliphatic heterocycles. The first-order chi connectivity index (χ1) is 16.3. The highest BCUT2D eigenvalue weighted by molar-refractivity contribution is 6.74. The fourth-order valence-corrected chi connectivity index (χ4v) is 5.26. The maximum absolute atomic E-state index is 6.84. The van der Waals surface area contributed by atoms with Crippen molar-refractivity contribution in [1.29, 1.82) is 0 Å². The maximum atomic E-state index is 6.84. The molecule has 0 amide bonds. The van der Waals surface area contributed by atoms with Crippen LogP contribution in [-0.4, -0.2) is 42.5 Å². The molecule has 3 rings (SSSR count). The fraction of sp³-hybridized carbons (Fsp3) is 0.593. The molecule has 2 N–H and O–H groups in total. The number of aromatic nitrogens is 3. The highest BCUT2D eigenvalue weighted by atomic mass is 28.4. The van der Waals surface area contributed by atoms with E-state index in [2.05, 4.69) is 66.6 Å². The lowest BCUT2D eigenvalue weighted by molar-refractivity contribution is 0.156. The van der Waals surface area contributed by atoms with Crippen LogP contribution in [0.1, 0.15) is 65.7 Å². The van der Waals surface area contributed by atoms with Gasteiger partial charge in [-0.05, 0) is 75.2 Å². The van der Waals surface area contributed by atoms with Crippen molar-refractivity contribution in [3.05, 3.63) is 42.7 Å². The van der Waals surface area contributed by atoms with Gasteiger partial charge in [-0.2, -0.15) is 4.98 Å². The molecule has 0 saturated carbocycles. The van der Waals surface area contributed by atoms with E-state index in [9.17, 15) is 0 Å². The van der Waals surface area contributed by atoms with Gasteiger partial charge in [0, 0.05) is 31.6 Å². The van der Waals surface area contributed by atoms with Gasteiger partial charge >= 0.3 is 0 Å². The summed E-state index contributed by atoms with van der Waals surface area (Å²) in [5.74, 6) is 1.49. The van der Waals surface area contributed by atoms with Crippen LogP contribution in [0.25, 0.3) is 11.3 Å². The summed E-state index contributed by atoms with van der Waals surface area (Å²) in [4.78, 5) is 13.8. The van der Waals surface area contributed by atoms with Crippen LogP contribution in [0.4, 0.5) is 11.8 Å². The summed E-state index contributed by atoms with van der Waals surface area (Å²) in [5, 5.41) is 7.15. The molecule has 0 aliphatic carbocycles. The number of rotatable bonds is 3. The summed E-state index contributed by atoms with van der Waals surface area (Å²) in [6, 6.07) is 5.92. The Morgan fingerprint density at radius 3 is 2.50 bits per heavy atom. The first kappa shape index (κ1) is 26.4. The monoisotopic (exact) mass is 481 g/mol. The Morgan fingerprint density at radius 1 is 0.941 bits per heavy atom. The van der Waals surface area contributed by atoms with E-state index in [-0.39, 0.29) is 5.04 Å². The van der Waals surface area contributed by atoms with Crippen LogP contribution in [0.2, 0.25) is 18.1 Å². The molecule has 6 nitrogen and oxygen atoms in total. The van der Waals surface area contributed by atoms with Gasteiger partial charge in [0.2, 0.25) is 5.95 Å². The lowest BCUT2D eigenvalue weighted by atomic mass is 10.1. The van der Waals surface area contributed by atoms with Crippen LogP contribution in [0, 0.1) is 0 Å². The van der Waals surface area contributed by atoms with Crippen LogP contribution >= 0.6 is 0 Å². The van der Waals surface area contributed by atoms with Gasteiger partial charge in [-0.1, -0.05) is 39.0 Å². The number of fused-ring (bicyclic) bond motifs is 2. The van der Waals surface area contributed by atoms with Crippen LogP contribution in [0.15, 0.2) is 42.7 Å². The molecule has 7 heteroatoms. The van der Waals surface area contributed by atoms with Gasteiger partial charge in [-0.15, -0.1) is 0 Å². The molecule has 186 valence electrons. The second-order valence-electron chi connectivity index (χ2n) is 10.7. The Morgan fingerprint density at radius 2 is 1.74 bits per heavy atom. The standard InChI is InChI=1S/C27H43N5OSi/c1-27(2,3)34(4,5)33-22-15-9-7-6-8-12-20-30-26-31-21-23(24-17-11-14-18-28-24)25(32-26)29-19-13-10-16-22/h6,8,11,14,17-18,21-22H,7,9-10,12-13,15-16,19-20H2,1-5H3,(H2,29,30,31,32). The molecule has 2 aromatic rings. The minimum Gasteiger partial charge on any atom is -0.414 e. The summed E-state index contributed by atoms with van der Waals surface area (Å²) in [6.07, 6.45) is 16.3. The van der Waals surface area contributed by atoms with Gasteiger partial charge in [-0.25, -0.2) is 4.98 Å². The number of pyridine rings is 1. The van der Waals surface area contributed by atoms with Crippen molar-refractivity contribution in [2.45, 2.75) is 90.0 Å². The molecule has 2 bridgehead atoms. The van der Waals surface area contributed by atoms with Crippen molar-refractivity contribution in [2.24, 2.45) is 0 Å². The third-order valence-corrected chi connectivity index (χ3v) is 11.4. The summed E-state index contributed by atoms with van der Waals surface area (Å²) in [5.41, 5.74) is 1.82. The Hall–Kier alpha value is -2.25. The molecule has 3 heterocycles. The van der Waals surface area contributed by atoms with Crippen molar-refractivity contribution in [2.75, 3.05) is 23.7 Å². The molecule has 1 atom stereocenters. The van der Waals surface area contributed by atoms with E-state index < -0.39 is 8.32 Å². The van der Waals surface area contributed by atoms with E-state index in [1.165, 1.54) is 6.42 Å². The van der Waals surface area contributed by atoms with Gasteiger partial charge in [0.05, 0.1) is 11.3 Å². The predicted octanol–water partition coefficient (Wildman–Crippen LogP) is 7.05. The van der Waals surface area contributed by atoms with Crippen LogP contribution in [0.3, 0.4) is 0 Å². The van der Waals surface area contributed by atoms with E-state index in [4.69, 9.17) is 9.41 Å². The Labute approximate surface area is 207 Å². The second kappa shape index (κ2) is 12.5. The van der Waals surface area contributed by atoms with E-state index in [0.29, 0.717) is 12.1 Å². The molecule has 0 saturated heterocycles. The average molecular weight is 482 g/mol. The van der Waals surface area contributed by atoms with Crippen molar-refractivity contribution < 1.29 is 4.43 Å². The lowest BCUT2D eigenvalue weighted by Gasteiger charge is -2.39. The molecule has 0 fully saturated rings. The highest BCUT2D eigenvalue weighted by Crippen LogP contribution is 2.38. The molecular formula is C27H43N5OSi. The normalized spacial score (nSPS) is 19.0. The predicted molar refractivity (Wildman–Crippen MR) is 146 cm³/mol. The van der Waals surface area contributed by atoms with E-state index in [1.807, 2.05) is 30.6 Å². The number of hydrogen-bond acceptors (Lipinski definition) is 6. The SMILES string of the molecule is CC(C)(C)[Si](C)(C)OC1CCCC=CCCNc2ncc(-c3ccccn3)c(n2)NCCCC1. The number of nitrogens with zero attached hydrogens (tertiary/aromatic N) is 3. The summed E-state index contributed by atoms with van der Waals surface area (Å²) in [7, 11) is -1.77. The molecular weight excluding hydrogens is 438 g/mol. The van der Waals surface area contributed by atoms with E-state index >= 15 is 0 Å². The average Bonchev–Trinajstić information content (AvgIpc) is 2.79. The number of anilines is 2. The zero-order valence-corrected chi connectivity index (χ0v) is 22.7. The Kier molecular flexibility index (Phi) is 9.65. The van der Waals surface area contributed by atoms with Crippen molar-refractivity contribution in [1.82, 2.24) is 15.0 Å². The topological polar surface area (TPSA) is 72.0 Å². The third kappa shape index (κ3) is 7.91.